The molecule has 1 fully saturated rings. The minimum absolute atomic E-state index is 0.260. The molecule has 0 aromatic carbocycles. The van der Waals surface area contributed by atoms with Crippen molar-refractivity contribution in [2.45, 2.75) is 26.3 Å². The van der Waals surface area contributed by atoms with Gasteiger partial charge < -0.3 is 14.7 Å². The van der Waals surface area contributed by atoms with E-state index in [9.17, 15) is 9.59 Å². The number of carbonyl (C=O) groups is 2. The molecule has 1 N–H and O–H groups in total. The summed E-state index contributed by atoms with van der Waals surface area (Å²) < 4.78 is 5.22. The van der Waals surface area contributed by atoms with Crippen LogP contribution in [0, 0.1) is 5.92 Å². The maximum Gasteiger partial charge on any atom is 0.308 e. The molecule has 6 nitrogen and oxygen atoms in total. The van der Waals surface area contributed by atoms with Crippen LogP contribution in [0.1, 0.15) is 30.6 Å². The smallest absolute Gasteiger partial charge is 0.308 e. The van der Waals surface area contributed by atoms with E-state index in [0.29, 0.717) is 25.1 Å². The fourth-order valence-corrected chi connectivity index (χ4v) is 2.73. The van der Waals surface area contributed by atoms with Crippen LogP contribution in [0.15, 0.2) is 12.3 Å². The van der Waals surface area contributed by atoms with E-state index in [1.54, 1.807) is 11.8 Å². The fraction of sp³-hybridized carbons (Fsp3) is 0.500. The van der Waals surface area contributed by atoms with Crippen molar-refractivity contribution in [3.63, 3.8) is 0 Å². The van der Waals surface area contributed by atoms with Crippen LogP contribution < -0.4 is 4.74 Å². The molecule has 1 saturated heterocycles. The lowest BCUT2D eigenvalue weighted by Crippen LogP contribution is -2.37. The number of hydrogen-bond donors (Lipinski definition) is 1. The molecule has 2 atom stereocenters. The lowest BCUT2D eigenvalue weighted by atomic mass is 10.0. The van der Waals surface area contributed by atoms with Crippen LogP contribution in [-0.4, -0.2) is 46.1 Å². The van der Waals surface area contributed by atoms with E-state index in [-0.39, 0.29) is 22.9 Å². The summed E-state index contributed by atoms with van der Waals surface area (Å²) in [6, 6.07) is 1.16. The van der Waals surface area contributed by atoms with Gasteiger partial charge >= 0.3 is 5.97 Å². The second-order valence-electron chi connectivity index (χ2n) is 4.92. The predicted octanol–water partition coefficient (Wildman–Crippen LogP) is 2.07. The van der Waals surface area contributed by atoms with Gasteiger partial charge in [0.05, 0.1) is 18.1 Å². The molecule has 7 heteroatoms. The average molecular weight is 313 g/mol. The minimum Gasteiger partial charge on any atom is -0.481 e. The second kappa shape index (κ2) is 6.30. The zero-order chi connectivity index (χ0) is 15.6. The van der Waals surface area contributed by atoms with Crippen LogP contribution in [0.25, 0.3) is 0 Å². The quantitative estimate of drug-likeness (QED) is 0.920. The molecule has 2 rings (SSSR count). The zero-order valence-electron chi connectivity index (χ0n) is 11.9. The van der Waals surface area contributed by atoms with Crippen molar-refractivity contribution in [3.8, 4) is 5.88 Å². The molecular weight excluding hydrogens is 296 g/mol. The Labute approximate surface area is 127 Å². The number of nitrogens with zero attached hydrogens (tertiary/aromatic N) is 2. The van der Waals surface area contributed by atoms with Gasteiger partial charge in [-0.3, -0.25) is 9.59 Å². The van der Waals surface area contributed by atoms with Crippen molar-refractivity contribution in [1.82, 2.24) is 9.88 Å². The third kappa shape index (κ3) is 3.10. The van der Waals surface area contributed by atoms with Gasteiger partial charge in [-0.2, -0.15) is 0 Å². The van der Waals surface area contributed by atoms with E-state index >= 15 is 0 Å². The number of aromatic nitrogens is 1. The monoisotopic (exact) mass is 312 g/mol. The SMILES string of the molecule is CCOc1ncc(C(=O)N2CCC(C(=O)O)C2C)cc1Cl. The van der Waals surface area contributed by atoms with Crippen molar-refractivity contribution >= 4 is 23.5 Å². The van der Waals surface area contributed by atoms with Crippen LogP contribution >= 0.6 is 11.6 Å². The summed E-state index contributed by atoms with van der Waals surface area (Å²) in [7, 11) is 0. The number of aliphatic carboxylic acids is 1. The highest BCUT2D eigenvalue weighted by molar-refractivity contribution is 6.32. The van der Waals surface area contributed by atoms with Gasteiger partial charge in [-0.15, -0.1) is 0 Å². The lowest BCUT2D eigenvalue weighted by molar-refractivity contribution is -0.142. The van der Waals surface area contributed by atoms with Crippen molar-refractivity contribution < 1.29 is 19.4 Å². The molecule has 0 bridgehead atoms. The number of carboxylic acids is 1. The molecule has 2 unspecified atom stereocenters. The summed E-state index contributed by atoms with van der Waals surface area (Å²) in [5.74, 6) is -1.38. The number of halogens is 1. The Balaban J connectivity index is 2.17. The minimum atomic E-state index is -0.874. The number of carbonyl (C=O) groups excluding carboxylic acids is 1. The molecule has 114 valence electrons. The normalized spacial score (nSPS) is 21.4. The molecule has 1 aromatic heterocycles. The third-order valence-electron chi connectivity index (χ3n) is 3.67. The van der Waals surface area contributed by atoms with Crippen molar-refractivity contribution in [2.75, 3.05) is 13.2 Å². The third-order valence-corrected chi connectivity index (χ3v) is 3.94. The van der Waals surface area contributed by atoms with Crippen LogP contribution in [0.2, 0.25) is 5.02 Å². The summed E-state index contributed by atoms with van der Waals surface area (Å²) >= 11 is 6.02. The van der Waals surface area contributed by atoms with E-state index in [1.807, 2.05) is 6.92 Å². The fourth-order valence-electron chi connectivity index (χ4n) is 2.51. The Morgan fingerprint density at radius 3 is 2.81 bits per heavy atom. The number of pyridine rings is 1. The maximum atomic E-state index is 12.4. The topological polar surface area (TPSA) is 79.7 Å². The van der Waals surface area contributed by atoms with Gasteiger partial charge in [0.1, 0.15) is 5.02 Å². The van der Waals surface area contributed by atoms with E-state index in [1.165, 1.54) is 12.3 Å². The molecule has 1 aliphatic heterocycles. The van der Waals surface area contributed by atoms with E-state index < -0.39 is 11.9 Å². The standard InChI is InChI=1S/C14H17ClN2O4/c1-3-21-12-11(15)6-9(7-16-12)13(18)17-5-4-10(8(17)2)14(19)20/h6-8,10H,3-5H2,1-2H3,(H,19,20). The van der Waals surface area contributed by atoms with Crippen LogP contribution in [0.5, 0.6) is 5.88 Å². The Morgan fingerprint density at radius 2 is 2.29 bits per heavy atom. The number of rotatable bonds is 4. The van der Waals surface area contributed by atoms with Crippen LogP contribution in [0.3, 0.4) is 0 Å². The summed E-state index contributed by atoms with van der Waals surface area (Å²) in [4.78, 5) is 29.1. The zero-order valence-corrected chi connectivity index (χ0v) is 12.6. The molecule has 0 spiro atoms. The molecule has 2 heterocycles. The van der Waals surface area contributed by atoms with Gasteiger partial charge in [0.25, 0.3) is 5.91 Å². The Morgan fingerprint density at radius 1 is 1.57 bits per heavy atom. The van der Waals surface area contributed by atoms with E-state index in [2.05, 4.69) is 4.98 Å². The first-order valence-corrected chi connectivity index (χ1v) is 7.15. The number of amides is 1. The number of likely N-dealkylation sites (tertiary alicyclic amines) is 1. The predicted molar refractivity (Wildman–Crippen MR) is 76.7 cm³/mol. The van der Waals surface area contributed by atoms with E-state index in [0.717, 1.165) is 0 Å². The van der Waals surface area contributed by atoms with Crippen molar-refractivity contribution in [3.05, 3.63) is 22.8 Å². The van der Waals surface area contributed by atoms with Gasteiger partial charge in [0.15, 0.2) is 0 Å². The van der Waals surface area contributed by atoms with Gasteiger partial charge in [0.2, 0.25) is 5.88 Å². The highest BCUT2D eigenvalue weighted by Gasteiger charge is 2.38. The second-order valence-corrected chi connectivity index (χ2v) is 5.32. The van der Waals surface area contributed by atoms with Gasteiger partial charge in [-0.05, 0) is 26.3 Å². The largest absolute Gasteiger partial charge is 0.481 e. The first kappa shape index (κ1) is 15.6. The highest BCUT2D eigenvalue weighted by atomic mass is 35.5. The maximum absolute atomic E-state index is 12.4. The number of carboxylic acid groups (broad SMARTS) is 1. The molecular formula is C14H17ClN2O4. The van der Waals surface area contributed by atoms with Crippen molar-refractivity contribution in [2.24, 2.45) is 5.92 Å². The molecule has 0 radical (unpaired) electrons. The first-order chi connectivity index (χ1) is 9.95. The number of ether oxygens (including phenoxy) is 1. The molecule has 1 aliphatic rings. The molecule has 0 saturated carbocycles. The molecule has 1 aromatic rings. The molecule has 0 aliphatic carbocycles. The van der Waals surface area contributed by atoms with Crippen LogP contribution in [0.4, 0.5) is 0 Å². The van der Waals surface area contributed by atoms with Crippen LogP contribution in [-0.2, 0) is 4.79 Å². The Hall–Kier alpha value is -1.82. The Kier molecular flexibility index (Phi) is 4.67. The molecule has 1 amide bonds. The van der Waals surface area contributed by atoms with E-state index in [4.69, 9.17) is 21.4 Å². The first-order valence-electron chi connectivity index (χ1n) is 6.77. The molecule has 21 heavy (non-hydrogen) atoms. The summed E-state index contributed by atoms with van der Waals surface area (Å²) in [5, 5.41) is 9.37. The summed E-state index contributed by atoms with van der Waals surface area (Å²) in [5.41, 5.74) is 0.335. The van der Waals surface area contributed by atoms with Gasteiger partial charge in [0, 0.05) is 18.8 Å². The summed E-state index contributed by atoms with van der Waals surface area (Å²) in [6.45, 7) is 4.41. The highest BCUT2D eigenvalue weighted by Crippen LogP contribution is 2.28. The summed E-state index contributed by atoms with van der Waals surface area (Å²) in [6.07, 6.45) is 1.86. The van der Waals surface area contributed by atoms with Gasteiger partial charge in [-0.1, -0.05) is 11.6 Å². The van der Waals surface area contributed by atoms with Crippen molar-refractivity contribution in [1.29, 1.82) is 0 Å². The Bertz CT molecular complexity index is 564. The lowest BCUT2D eigenvalue weighted by Gasteiger charge is -2.23. The number of hydrogen-bond acceptors (Lipinski definition) is 4. The average Bonchev–Trinajstić information content (AvgIpc) is 2.82. The van der Waals surface area contributed by atoms with Gasteiger partial charge in [-0.25, -0.2) is 4.98 Å².